The lowest BCUT2D eigenvalue weighted by Gasteiger charge is -2.10. The van der Waals surface area contributed by atoms with Crippen molar-refractivity contribution >= 4 is 11.0 Å². The van der Waals surface area contributed by atoms with E-state index >= 15 is 0 Å². The van der Waals surface area contributed by atoms with Crippen molar-refractivity contribution in [2.24, 2.45) is 5.92 Å². The van der Waals surface area contributed by atoms with Crippen LogP contribution >= 0.6 is 0 Å². The minimum Gasteiger partial charge on any atom is -0.346 e. The molecule has 0 spiro atoms. The molecular weight excluding hydrogens is 288 g/mol. The van der Waals surface area contributed by atoms with Crippen molar-refractivity contribution in [2.75, 3.05) is 0 Å². The molecule has 4 rings (SSSR count). The number of nitriles is 1. The Hall–Kier alpha value is -2.68. The van der Waals surface area contributed by atoms with Gasteiger partial charge in [-0.15, -0.1) is 0 Å². The van der Waals surface area contributed by atoms with Crippen LogP contribution in [0, 0.1) is 17.2 Å². The fourth-order valence-corrected chi connectivity index (χ4v) is 3.58. The van der Waals surface area contributed by atoms with Crippen LogP contribution in [-0.4, -0.2) is 24.7 Å². The summed E-state index contributed by atoms with van der Waals surface area (Å²) in [7, 11) is 0. The van der Waals surface area contributed by atoms with Crippen LogP contribution < -0.4 is 0 Å². The molecule has 0 radical (unpaired) electrons. The summed E-state index contributed by atoms with van der Waals surface area (Å²) in [5, 5.41) is 14.3. The molecule has 1 aliphatic rings. The summed E-state index contributed by atoms with van der Waals surface area (Å²) in [6.45, 7) is 0. The Bertz CT molecular complexity index is 855. The normalized spacial score (nSPS) is 20.8. The van der Waals surface area contributed by atoms with Crippen molar-refractivity contribution in [3.05, 3.63) is 31.0 Å². The third-order valence-electron chi connectivity index (χ3n) is 4.78. The number of rotatable bonds is 4. The Kier molecular flexibility index (Phi) is 3.54. The molecule has 2 atom stereocenters. The van der Waals surface area contributed by atoms with Crippen LogP contribution in [0.25, 0.3) is 22.3 Å². The maximum atomic E-state index is 8.73. The predicted octanol–water partition coefficient (Wildman–Crippen LogP) is 3.47. The van der Waals surface area contributed by atoms with Gasteiger partial charge in [-0.3, -0.25) is 4.68 Å². The number of hydrogen-bond acceptors (Lipinski definition) is 4. The third-order valence-corrected chi connectivity index (χ3v) is 4.78. The maximum absolute atomic E-state index is 8.73. The SMILES string of the molecule is N#CCCC1CCC(n2cc(-c3ncnc4[nH]ccc34)cn2)C1. The summed E-state index contributed by atoms with van der Waals surface area (Å²) < 4.78 is 2.07. The molecular formula is C17H18N6. The zero-order chi connectivity index (χ0) is 15.6. The van der Waals surface area contributed by atoms with E-state index in [0.717, 1.165) is 41.6 Å². The van der Waals surface area contributed by atoms with E-state index in [-0.39, 0.29) is 0 Å². The maximum Gasteiger partial charge on any atom is 0.141 e. The number of aromatic nitrogens is 5. The minimum atomic E-state index is 0.441. The molecule has 6 nitrogen and oxygen atoms in total. The standard InChI is InChI=1S/C17H18N6/c18-6-1-2-12-3-4-14(8-12)23-10-13(9-22-23)16-15-5-7-19-17(15)21-11-20-16/h5,7,9-12,14H,1-4,8H2,(H,19,20,21). The molecule has 3 aromatic heterocycles. The molecule has 3 aromatic rings. The van der Waals surface area contributed by atoms with Gasteiger partial charge in [-0.2, -0.15) is 10.4 Å². The molecule has 1 aliphatic carbocycles. The molecule has 3 heterocycles. The molecule has 0 saturated heterocycles. The molecule has 23 heavy (non-hydrogen) atoms. The average Bonchev–Trinajstić information content (AvgIpc) is 3.30. The topological polar surface area (TPSA) is 83.2 Å². The highest BCUT2D eigenvalue weighted by molar-refractivity contribution is 5.89. The Morgan fingerprint density at radius 2 is 2.30 bits per heavy atom. The third kappa shape index (κ3) is 2.59. The monoisotopic (exact) mass is 306 g/mol. The van der Waals surface area contributed by atoms with E-state index in [1.807, 2.05) is 18.5 Å². The summed E-state index contributed by atoms with van der Waals surface area (Å²) in [6.07, 6.45) is 12.6. The van der Waals surface area contributed by atoms with Crippen molar-refractivity contribution in [3.8, 4) is 17.3 Å². The zero-order valence-electron chi connectivity index (χ0n) is 12.8. The summed E-state index contributed by atoms with van der Waals surface area (Å²) in [5.74, 6) is 0.655. The number of nitrogens with one attached hydrogen (secondary N) is 1. The zero-order valence-corrected chi connectivity index (χ0v) is 12.8. The van der Waals surface area contributed by atoms with Crippen molar-refractivity contribution in [2.45, 2.75) is 38.1 Å². The molecule has 116 valence electrons. The van der Waals surface area contributed by atoms with Crippen LogP contribution in [0.15, 0.2) is 31.0 Å². The number of nitrogens with zero attached hydrogens (tertiary/aromatic N) is 5. The second kappa shape index (κ2) is 5.84. The lowest BCUT2D eigenvalue weighted by molar-refractivity contribution is 0.430. The first-order valence-electron chi connectivity index (χ1n) is 8.04. The van der Waals surface area contributed by atoms with E-state index in [0.29, 0.717) is 18.4 Å². The average molecular weight is 306 g/mol. The molecule has 0 amide bonds. The molecule has 1 fully saturated rings. The van der Waals surface area contributed by atoms with Crippen molar-refractivity contribution < 1.29 is 0 Å². The number of hydrogen-bond donors (Lipinski definition) is 1. The second-order valence-corrected chi connectivity index (χ2v) is 6.20. The van der Waals surface area contributed by atoms with Gasteiger partial charge in [-0.25, -0.2) is 9.97 Å². The lowest BCUT2D eigenvalue weighted by atomic mass is 10.0. The molecule has 6 heteroatoms. The van der Waals surface area contributed by atoms with Gasteiger partial charge >= 0.3 is 0 Å². The Balaban J connectivity index is 1.56. The first kappa shape index (κ1) is 13.9. The summed E-state index contributed by atoms with van der Waals surface area (Å²) in [6, 6.07) is 4.69. The van der Waals surface area contributed by atoms with Crippen LogP contribution in [0.1, 0.15) is 38.1 Å². The highest BCUT2D eigenvalue weighted by atomic mass is 15.3. The largest absolute Gasteiger partial charge is 0.346 e. The Labute approximate surface area is 134 Å². The quantitative estimate of drug-likeness (QED) is 0.800. The van der Waals surface area contributed by atoms with E-state index in [9.17, 15) is 0 Å². The smallest absolute Gasteiger partial charge is 0.141 e. The Morgan fingerprint density at radius 1 is 1.35 bits per heavy atom. The van der Waals surface area contributed by atoms with Crippen LogP contribution in [0.2, 0.25) is 0 Å². The lowest BCUT2D eigenvalue weighted by Crippen LogP contribution is -2.06. The van der Waals surface area contributed by atoms with E-state index in [1.165, 1.54) is 6.42 Å². The van der Waals surface area contributed by atoms with Crippen LogP contribution in [-0.2, 0) is 0 Å². The highest BCUT2D eigenvalue weighted by Gasteiger charge is 2.26. The molecule has 2 unspecified atom stereocenters. The van der Waals surface area contributed by atoms with E-state index < -0.39 is 0 Å². The van der Waals surface area contributed by atoms with Gasteiger partial charge in [0.15, 0.2) is 0 Å². The van der Waals surface area contributed by atoms with Gasteiger partial charge in [-0.1, -0.05) is 0 Å². The first-order valence-corrected chi connectivity index (χ1v) is 8.04. The van der Waals surface area contributed by atoms with E-state index in [1.54, 1.807) is 6.33 Å². The van der Waals surface area contributed by atoms with Gasteiger partial charge in [0.2, 0.25) is 0 Å². The predicted molar refractivity (Wildman–Crippen MR) is 86.3 cm³/mol. The fraction of sp³-hybridized carbons (Fsp3) is 0.412. The minimum absolute atomic E-state index is 0.441. The van der Waals surface area contributed by atoms with Crippen molar-refractivity contribution in [3.63, 3.8) is 0 Å². The molecule has 1 N–H and O–H groups in total. The van der Waals surface area contributed by atoms with Gasteiger partial charge in [0.05, 0.1) is 24.0 Å². The van der Waals surface area contributed by atoms with Crippen LogP contribution in [0.3, 0.4) is 0 Å². The highest BCUT2D eigenvalue weighted by Crippen LogP contribution is 2.37. The Morgan fingerprint density at radius 3 is 3.22 bits per heavy atom. The molecule has 0 aromatic carbocycles. The van der Waals surface area contributed by atoms with Crippen molar-refractivity contribution in [1.29, 1.82) is 5.26 Å². The van der Waals surface area contributed by atoms with Crippen molar-refractivity contribution in [1.82, 2.24) is 24.7 Å². The van der Waals surface area contributed by atoms with E-state index in [2.05, 4.69) is 37.0 Å². The van der Waals surface area contributed by atoms with Crippen LogP contribution in [0.4, 0.5) is 0 Å². The number of aromatic amines is 1. The molecule has 1 saturated carbocycles. The van der Waals surface area contributed by atoms with Gasteiger partial charge < -0.3 is 4.98 Å². The fourth-order valence-electron chi connectivity index (χ4n) is 3.58. The van der Waals surface area contributed by atoms with Gasteiger partial charge in [0.1, 0.15) is 12.0 Å². The number of fused-ring (bicyclic) bond motifs is 1. The first-order chi connectivity index (χ1) is 11.3. The van der Waals surface area contributed by atoms with Gasteiger partial charge in [-0.05, 0) is 37.7 Å². The number of H-pyrrole nitrogens is 1. The van der Waals surface area contributed by atoms with E-state index in [4.69, 9.17) is 5.26 Å². The van der Waals surface area contributed by atoms with Gasteiger partial charge in [0.25, 0.3) is 0 Å². The summed E-state index contributed by atoms with van der Waals surface area (Å²) >= 11 is 0. The van der Waals surface area contributed by atoms with Crippen LogP contribution in [0.5, 0.6) is 0 Å². The second-order valence-electron chi connectivity index (χ2n) is 6.20. The molecule has 0 bridgehead atoms. The molecule has 0 aliphatic heterocycles. The van der Waals surface area contributed by atoms with Gasteiger partial charge in [0, 0.05) is 29.8 Å². The summed E-state index contributed by atoms with van der Waals surface area (Å²) in [4.78, 5) is 11.8. The summed E-state index contributed by atoms with van der Waals surface area (Å²) in [5.41, 5.74) is 2.79.